The summed E-state index contributed by atoms with van der Waals surface area (Å²) >= 11 is 0. The lowest BCUT2D eigenvalue weighted by Crippen LogP contribution is -1.92. The maximum Gasteiger partial charge on any atom is 0.227 e. The van der Waals surface area contributed by atoms with Crippen molar-refractivity contribution in [1.29, 1.82) is 0 Å². The summed E-state index contributed by atoms with van der Waals surface area (Å²) in [6, 6.07) is 49.2. The van der Waals surface area contributed by atoms with Gasteiger partial charge in [0.15, 0.2) is 5.58 Å². The van der Waals surface area contributed by atoms with E-state index >= 15 is 0 Å². The fourth-order valence-corrected chi connectivity index (χ4v) is 5.87. The zero-order valence-corrected chi connectivity index (χ0v) is 22.6. The van der Waals surface area contributed by atoms with Crippen LogP contribution in [0.3, 0.4) is 0 Å². The summed E-state index contributed by atoms with van der Waals surface area (Å²) in [4.78, 5) is 4.77. The molecule has 0 atom stereocenters. The fourth-order valence-electron chi connectivity index (χ4n) is 5.87. The van der Waals surface area contributed by atoms with Crippen molar-refractivity contribution in [2.45, 2.75) is 6.92 Å². The average molecular weight is 527 g/mol. The Kier molecular flexibility index (Phi) is 5.36. The fraction of sp³-hybridized carbons (Fsp3) is 0.0263. The van der Waals surface area contributed by atoms with E-state index in [0.29, 0.717) is 5.89 Å². The van der Waals surface area contributed by atoms with Crippen molar-refractivity contribution in [1.82, 2.24) is 9.55 Å². The van der Waals surface area contributed by atoms with Crippen LogP contribution in [0.4, 0.5) is 0 Å². The SMILES string of the molecule is Cc1cccc(-c2ccc3nc(-c4ccc(-c5ccc6c(c5)c5ccccc5n6-c5ccccc5)cc4)oc3c2)c1. The topological polar surface area (TPSA) is 31.0 Å². The van der Waals surface area contributed by atoms with Gasteiger partial charge in [0.05, 0.1) is 11.0 Å². The number of hydrogen-bond donors (Lipinski definition) is 0. The van der Waals surface area contributed by atoms with Crippen LogP contribution in [0, 0.1) is 6.92 Å². The molecule has 3 heteroatoms. The van der Waals surface area contributed by atoms with Crippen molar-refractivity contribution in [3.05, 3.63) is 145 Å². The molecule has 0 radical (unpaired) electrons. The molecule has 0 aliphatic carbocycles. The molecular formula is C38H26N2O. The molecule has 3 nitrogen and oxygen atoms in total. The molecule has 194 valence electrons. The summed E-state index contributed by atoms with van der Waals surface area (Å²) in [6.07, 6.45) is 0. The minimum absolute atomic E-state index is 0.634. The minimum Gasteiger partial charge on any atom is -0.436 e. The molecule has 2 aromatic heterocycles. The molecule has 0 saturated carbocycles. The summed E-state index contributed by atoms with van der Waals surface area (Å²) in [5.41, 5.74) is 12.1. The Morgan fingerprint density at radius 3 is 2.05 bits per heavy atom. The number of oxazole rings is 1. The van der Waals surface area contributed by atoms with Gasteiger partial charge >= 0.3 is 0 Å². The predicted octanol–water partition coefficient (Wildman–Crippen LogP) is 10.2. The van der Waals surface area contributed by atoms with Gasteiger partial charge in [0.2, 0.25) is 5.89 Å². The van der Waals surface area contributed by atoms with E-state index in [2.05, 4.69) is 145 Å². The van der Waals surface area contributed by atoms with E-state index in [4.69, 9.17) is 9.40 Å². The van der Waals surface area contributed by atoms with Gasteiger partial charge < -0.3 is 8.98 Å². The van der Waals surface area contributed by atoms with E-state index in [9.17, 15) is 0 Å². The van der Waals surface area contributed by atoms with Crippen molar-refractivity contribution >= 4 is 32.9 Å². The largest absolute Gasteiger partial charge is 0.436 e. The summed E-state index contributed by atoms with van der Waals surface area (Å²) in [5, 5.41) is 2.50. The van der Waals surface area contributed by atoms with Crippen molar-refractivity contribution in [2.75, 3.05) is 0 Å². The molecule has 8 rings (SSSR count). The second-order valence-corrected chi connectivity index (χ2v) is 10.6. The number of aromatic nitrogens is 2. The second-order valence-electron chi connectivity index (χ2n) is 10.6. The van der Waals surface area contributed by atoms with Gasteiger partial charge in [-0.05, 0) is 83.8 Å². The molecular weight excluding hydrogens is 500 g/mol. The Bertz CT molecular complexity index is 2200. The first-order chi connectivity index (χ1) is 20.2. The van der Waals surface area contributed by atoms with E-state index < -0.39 is 0 Å². The Labute approximate surface area is 238 Å². The third-order valence-electron chi connectivity index (χ3n) is 7.89. The van der Waals surface area contributed by atoms with Gasteiger partial charge in [-0.25, -0.2) is 4.98 Å². The lowest BCUT2D eigenvalue weighted by molar-refractivity contribution is 0.620. The van der Waals surface area contributed by atoms with Crippen LogP contribution < -0.4 is 0 Å². The first kappa shape index (κ1) is 23.5. The molecule has 0 N–H and O–H groups in total. The molecule has 0 amide bonds. The van der Waals surface area contributed by atoms with E-state index in [-0.39, 0.29) is 0 Å². The number of rotatable bonds is 4. The van der Waals surface area contributed by atoms with Crippen LogP contribution in [-0.2, 0) is 0 Å². The van der Waals surface area contributed by atoms with E-state index in [1.807, 2.05) is 6.07 Å². The number of para-hydroxylation sites is 2. The quantitative estimate of drug-likeness (QED) is 0.228. The van der Waals surface area contributed by atoms with Gasteiger partial charge in [-0.15, -0.1) is 0 Å². The maximum absolute atomic E-state index is 6.23. The molecule has 2 heterocycles. The summed E-state index contributed by atoms with van der Waals surface area (Å²) in [6.45, 7) is 2.11. The maximum atomic E-state index is 6.23. The molecule has 0 aliphatic heterocycles. The van der Waals surface area contributed by atoms with E-state index in [1.165, 1.54) is 44.2 Å². The van der Waals surface area contributed by atoms with Crippen LogP contribution in [0.2, 0.25) is 0 Å². The summed E-state index contributed by atoms with van der Waals surface area (Å²) in [5.74, 6) is 0.634. The Morgan fingerprint density at radius 1 is 0.512 bits per heavy atom. The molecule has 0 fully saturated rings. The van der Waals surface area contributed by atoms with Gasteiger partial charge in [0.25, 0.3) is 0 Å². The Morgan fingerprint density at radius 2 is 1.20 bits per heavy atom. The number of fused-ring (bicyclic) bond motifs is 4. The van der Waals surface area contributed by atoms with Gasteiger partial charge in [-0.3, -0.25) is 0 Å². The third kappa shape index (κ3) is 4.02. The van der Waals surface area contributed by atoms with Crippen LogP contribution in [0.1, 0.15) is 5.56 Å². The highest BCUT2D eigenvalue weighted by Crippen LogP contribution is 2.36. The highest BCUT2D eigenvalue weighted by Gasteiger charge is 2.14. The molecule has 0 bridgehead atoms. The lowest BCUT2D eigenvalue weighted by atomic mass is 10.0. The Hall–Kier alpha value is -5.41. The molecule has 0 saturated heterocycles. The zero-order chi connectivity index (χ0) is 27.3. The molecule has 8 aromatic rings. The third-order valence-corrected chi connectivity index (χ3v) is 7.89. The van der Waals surface area contributed by atoms with Crippen molar-refractivity contribution in [3.8, 4) is 39.4 Å². The molecule has 0 unspecified atom stereocenters. The Balaban J connectivity index is 1.15. The standard InChI is InChI=1S/C38H26N2O/c1-25-8-7-9-28(22-25)30-18-20-34-37(24-30)41-38(39-34)27-16-14-26(15-17-27)29-19-21-36-33(23-29)32-12-5-6-13-35(32)40(36)31-10-3-2-4-11-31/h2-24H,1H3. The van der Waals surface area contributed by atoms with Gasteiger partial charge in [-0.1, -0.05) is 90.5 Å². The highest BCUT2D eigenvalue weighted by molar-refractivity contribution is 6.10. The first-order valence-corrected chi connectivity index (χ1v) is 13.9. The van der Waals surface area contributed by atoms with Gasteiger partial charge in [0, 0.05) is 22.0 Å². The van der Waals surface area contributed by atoms with Crippen LogP contribution in [0.25, 0.3) is 72.3 Å². The number of aryl methyl sites for hydroxylation is 1. The first-order valence-electron chi connectivity index (χ1n) is 13.9. The minimum atomic E-state index is 0.634. The normalized spacial score (nSPS) is 11.5. The predicted molar refractivity (Wildman–Crippen MR) is 169 cm³/mol. The van der Waals surface area contributed by atoms with Gasteiger partial charge in [0.1, 0.15) is 5.52 Å². The van der Waals surface area contributed by atoms with Crippen molar-refractivity contribution in [3.63, 3.8) is 0 Å². The zero-order valence-electron chi connectivity index (χ0n) is 22.6. The molecule has 41 heavy (non-hydrogen) atoms. The van der Waals surface area contributed by atoms with E-state index in [0.717, 1.165) is 27.8 Å². The lowest BCUT2D eigenvalue weighted by Gasteiger charge is -2.08. The highest BCUT2D eigenvalue weighted by atomic mass is 16.3. The van der Waals surface area contributed by atoms with Crippen LogP contribution >= 0.6 is 0 Å². The van der Waals surface area contributed by atoms with Crippen molar-refractivity contribution < 1.29 is 4.42 Å². The molecule has 6 aromatic carbocycles. The number of benzene rings is 6. The second kappa shape index (κ2) is 9.35. The average Bonchev–Trinajstić information content (AvgIpc) is 3.60. The monoisotopic (exact) mass is 526 g/mol. The van der Waals surface area contributed by atoms with Gasteiger partial charge in [-0.2, -0.15) is 0 Å². The molecule has 0 spiro atoms. The number of nitrogens with zero attached hydrogens (tertiary/aromatic N) is 2. The molecule has 0 aliphatic rings. The van der Waals surface area contributed by atoms with Crippen LogP contribution in [0.5, 0.6) is 0 Å². The smallest absolute Gasteiger partial charge is 0.227 e. The number of hydrogen-bond acceptors (Lipinski definition) is 2. The van der Waals surface area contributed by atoms with Crippen LogP contribution in [-0.4, -0.2) is 9.55 Å². The van der Waals surface area contributed by atoms with E-state index in [1.54, 1.807) is 0 Å². The summed E-state index contributed by atoms with van der Waals surface area (Å²) in [7, 11) is 0. The van der Waals surface area contributed by atoms with Crippen molar-refractivity contribution in [2.24, 2.45) is 0 Å². The summed E-state index contributed by atoms with van der Waals surface area (Å²) < 4.78 is 8.57. The van der Waals surface area contributed by atoms with Crippen LogP contribution in [0.15, 0.2) is 144 Å².